The van der Waals surface area contributed by atoms with E-state index in [4.69, 9.17) is 10.1 Å². The van der Waals surface area contributed by atoms with Gasteiger partial charge in [-0.1, -0.05) is 6.08 Å². The minimum atomic E-state index is 0.379. The number of hydrogen-bond donors (Lipinski definition) is 1. The molecular weight excluding hydrogens is 90.1 g/mol. The Morgan fingerprint density at radius 1 is 1.71 bits per heavy atom. The summed E-state index contributed by atoms with van der Waals surface area (Å²) in [6.07, 6.45) is 4.55. The van der Waals surface area contributed by atoms with Gasteiger partial charge in [0.05, 0.1) is 6.26 Å². The van der Waals surface area contributed by atoms with Crippen molar-refractivity contribution in [3.8, 4) is 0 Å². The van der Waals surface area contributed by atoms with Gasteiger partial charge in [0, 0.05) is 6.21 Å². The van der Waals surface area contributed by atoms with Gasteiger partial charge in [0.25, 0.3) is 0 Å². The van der Waals surface area contributed by atoms with Crippen LogP contribution in [0, 0.1) is 5.41 Å². The van der Waals surface area contributed by atoms with Crippen molar-refractivity contribution in [2.75, 3.05) is 6.61 Å². The molecule has 7 heavy (non-hydrogen) atoms. The van der Waals surface area contributed by atoms with Crippen LogP contribution in [0.15, 0.2) is 12.3 Å². The first-order valence-corrected chi connectivity index (χ1v) is 2.13. The van der Waals surface area contributed by atoms with Gasteiger partial charge in [-0.25, -0.2) is 0 Å². The fraction of sp³-hybridized carbons (Fsp3) is 0.400. The summed E-state index contributed by atoms with van der Waals surface area (Å²) in [5.74, 6) is 0. The maximum Gasteiger partial charge on any atom is 0.122 e. The molecule has 0 aromatic rings. The fourth-order valence-corrected chi connectivity index (χ4v) is 0.200. The molecule has 0 rings (SSSR count). The Kier molecular flexibility index (Phi) is 4.62. The van der Waals surface area contributed by atoms with E-state index in [1.54, 1.807) is 12.3 Å². The Labute approximate surface area is 43.3 Å². The molecule has 0 unspecified atom stereocenters. The van der Waals surface area contributed by atoms with Gasteiger partial charge in [-0.05, 0) is 6.92 Å². The highest BCUT2D eigenvalue weighted by atomic mass is 16.5. The number of nitrogens with one attached hydrogen (secondary N) is 1. The summed E-state index contributed by atoms with van der Waals surface area (Å²) < 4.78 is 4.71. The molecule has 1 N–H and O–H groups in total. The summed E-state index contributed by atoms with van der Waals surface area (Å²) in [4.78, 5) is 0. The van der Waals surface area contributed by atoms with Gasteiger partial charge in [-0.2, -0.15) is 0 Å². The highest BCUT2D eigenvalue weighted by Gasteiger charge is 1.65. The van der Waals surface area contributed by atoms with Crippen LogP contribution >= 0.6 is 0 Å². The van der Waals surface area contributed by atoms with Crippen LogP contribution in [0.2, 0.25) is 0 Å². The summed E-state index contributed by atoms with van der Waals surface area (Å²) in [6.45, 7) is 2.24. The van der Waals surface area contributed by atoms with Gasteiger partial charge in [-0.15, -0.1) is 0 Å². The van der Waals surface area contributed by atoms with Gasteiger partial charge in [0.1, 0.15) is 6.61 Å². The molecule has 0 bridgehead atoms. The Morgan fingerprint density at radius 3 is 2.86 bits per heavy atom. The number of hydrogen-bond acceptors (Lipinski definition) is 2. The van der Waals surface area contributed by atoms with Crippen LogP contribution in [0.3, 0.4) is 0 Å². The molecule has 0 spiro atoms. The van der Waals surface area contributed by atoms with Crippen molar-refractivity contribution in [2.24, 2.45) is 0 Å². The van der Waals surface area contributed by atoms with Gasteiger partial charge >= 0.3 is 0 Å². The van der Waals surface area contributed by atoms with Crippen molar-refractivity contribution in [1.29, 1.82) is 5.41 Å². The van der Waals surface area contributed by atoms with Crippen molar-refractivity contribution in [2.45, 2.75) is 6.92 Å². The van der Waals surface area contributed by atoms with Gasteiger partial charge in [0.2, 0.25) is 0 Å². The SMILES string of the molecule is CC=COCC=N. The molecule has 0 aliphatic heterocycles. The van der Waals surface area contributed by atoms with Crippen molar-refractivity contribution in [3.05, 3.63) is 12.3 Å². The first-order chi connectivity index (χ1) is 3.41. The number of rotatable bonds is 3. The van der Waals surface area contributed by atoms with E-state index >= 15 is 0 Å². The van der Waals surface area contributed by atoms with Gasteiger partial charge in [-0.3, -0.25) is 0 Å². The Bertz CT molecular complexity index is 68.5. The van der Waals surface area contributed by atoms with E-state index in [0.29, 0.717) is 6.61 Å². The maximum atomic E-state index is 6.50. The summed E-state index contributed by atoms with van der Waals surface area (Å²) in [5, 5.41) is 6.50. The van der Waals surface area contributed by atoms with E-state index in [0.717, 1.165) is 0 Å². The van der Waals surface area contributed by atoms with Crippen LogP contribution in [0.25, 0.3) is 0 Å². The number of allylic oxidation sites excluding steroid dienone is 1. The lowest BCUT2D eigenvalue weighted by atomic mass is 10.7. The van der Waals surface area contributed by atoms with Crippen LogP contribution in [0.1, 0.15) is 6.92 Å². The first-order valence-electron chi connectivity index (χ1n) is 2.13. The average Bonchev–Trinajstić information content (AvgIpc) is 1.69. The highest BCUT2D eigenvalue weighted by molar-refractivity contribution is 5.54. The molecule has 0 fully saturated rings. The first kappa shape index (κ1) is 6.21. The molecule has 2 heteroatoms. The summed E-state index contributed by atoms with van der Waals surface area (Å²) in [6, 6.07) is 0. The monoisotopic (exact) mass is 99.1 g/mol. The Balaban J connectivity index is 2.82. The second-order valence-corrected chi connectivity index (χ2v) is 1.01. The summed E-state index contributed by atoms with van der Waals surface area (Å²) in [5.41, 5.74) is 0. The lowest BCUT2D eigenvalue weighted by molar-refractivity contribution is 0.304. The molecule has 0 aromatic heterocycles. The van der Waals surface area contributed by atoms with E-state index < -0.39 is 0 Å². The molecule has 0 aromatic carbocycles. The predicted molar refractivity (Wildman–Crippen MR) is 29.5 cm³/mol. The van der Waals surface area contributed by atoms with Crippen LogP contribution < -0.4 is 0 Å². The number of ether oxygens (including phenoxy) is 1. The zero-order valence-electron chi connectivity index (χ0n) is 4.35. The molecule has 2 nitrogen and oxygen atoms in total. The standard InChI is InChI=1S/C5H9NO/c1-2-4-7-5-3-6/h2-4,6H,5H2,1H3. The van der Waals surface area contributed by atoms with Crippen LogP contribution in [-0.2, 0) is 4.74 Å². The van der Waals surface area contributed by atoms with E-state index in [-0.39, 0.29) is 0 Å². The average molecular weight is 99.1 g/mol. The lowest BCUT2D eigenvalue weighted by Gasteiger charge is -1.87. The van der Waals surface area contributed by atoms with Crippen molar-refractivity contribution < 1.29 is 4.74 Å². The van der Waals surface area contributed by atoms with Crippen LogP contribution in [-0.4, -0.2) is 12.8 Å². The van der Waals surface area contributed by atoms with Gasteiger partial charge < -0.3 is 10.1 Å². The molecule has 40 valence electrons. The van der Waals surface area contributed by atoms with Crippen molar-refractivity contribution in [3.63, 3.8) is 0 Å². The second-order valence-electron chi connectivity index (χ2n) is 1.01. The van der Waals surface area contributed by atoms with Gasteiger partial charge in [0.15, 0.2) is 0 Å². The minimum Gasteiger partial charge on any atom is -0.496 e. The maximum absolute atomic E-state index is 6.50. The third kappa shape index (κ3) is 5.21. The largest absolute Gasteiger partial charge is 0.496 e. The molecule has 0 amide bonds. The van der Waals surface area contributed by atoms with Crippen molar-refractivity contribution in [1.82, 2.24) is 0 Å². The quantitative estimate of drug-likeness (QED) is 0.322. The summed E-state index contributed by atoms with van der Waals surface area (Å²) in [7, 11) is 0. The van der Waals surface area contributed by atoms with E-state index in [1.165, 1.54) is 6.21 Å². The molecule has 0 aliphatic rings. The van der Waals surface area contributed by atoms with Crippen LogP contribution in [0.5, 0.6) is 0 Å². The lowest BCUT2D eigenvalue weighted by Crippen LogP contribution is -1.83. The molecular formula is C5H9NO. The highest BCUT2D eigenvalue weighted by Crippen LogP contribution is 1.71. The van der Waals surface area contributed by atoms with E-state index in [2.05, 4.69) is 0 Å². The topological polar surface area (TPSA) is 33.1 Å². The van der Waals surface area contributed by atoms with E-state index in [1.807, 2.05) is 6.92 Å². The zero-order valence-corrected chi connectivity index (χ0v) is 4.35. The van der Waals surface area contributed by atoms with E-state index in [9.17, 15) is 0 Å². The third-order valence-corrected chi connectivity index (χ3v) is 0.412. The van der Waals surface area contributed by atoms with Crippen LogP contribution in [0.4, 0.5) is 0 Å². The molecule has 0 atom stereocenters. The molecule has 0 radical (unpaired) electrons. The Hall–Kier alpha value is -0.790. The predicted octanol–water partition coefficient (Wildman–Crippen LogP) is 1.19. The molecule has 0 saturated heterocycles. The molecule has 0 saturated carbocycles. The zero-order chi connectivity index (χ0) is 5.54. The normalized spacial score (nSPS) is 9.29. The molecule has 0 heterocycles. The smallest absolute Gasteiger partial charge is 0.122 e. The third-order valence-electron chi connectivity index (χ3n) is 0.412. The fourth-order valence-electron chi connectivity index (χ4n) is 0.200. The Morgan fingerprint density at radius 2 is 2.43 bits per heavy atom. The minimum absolute atomic E-state index is 0.379. The summed E-state index contributed by atoms with van der Waals surface area (Å²) >= 11 is 0. The second kappa shape index (κ2) is 5.21. The molecule has 0 aliphatic carbocycles. The van der Waals surface area contributed by atoms with Crippen molar-refractivity contribution >= 4 is 6.21 Å².